The summed E-state index contributed by atoms with van der Waals surface area (Å²) in [5.41, 5.74) is 3.40. The molecule has 1 saturated heterocycles. The lowest BCUT2D eigenvalue weighted by molar-refractivity contribution is 0.193. The van der Waals surface area contributed by atoms with Gasteiger partial charge in [-0.05, 0) is 65.2 Å². The first-order chi connectivity index (χ1) is 17.3. The van der Waals surface area contributed by atoms with Crippen LogP contribution in [0.15, 0.2) is 60.8 Å². The zero-order valence-corrected chi connectivity index (χ0v) is 20.6. The minimum atomic E-state index is -0.00181. The molecule has 7 nitrogen and oxygen atoms in total. The molecule has 35 heavy (non-hydrogen) atoms. The van der Waals surface area contributed by atoms with Gasteiger partial charge in [0.15, 0.2) is 5.82 Å². The number of benzene rings is 2. The Labute approximate surface area is 210 Å². The van der Waals surface area contributed by atoms with Crippen LogP contribution in [0.2, 0.25) is 5.02 Å². The summed E-state index contributed by atoms with van der Waals surface area (Å²) in [5, 5.41) is 15.2. The molecule has 6 rings (SSSR count). The van der Waals surface area contributed by atoms with E-state index in [1.807, 2.05) is 24.4 Å². The molecule has 8 heteroatoms. The van der Waals surface area contributed by atoms with Gasteiger partial charge >= 0.3 is 0 Å². The highest BCUT2D eigenvalue weighted by molar-refractivity contribution is 6.30. The first-order valence-electron chi connectivity index (χ1n) is 12.6. The molecule has 0 radical (unpaired) electrons. The van der Waals surface area contributed by atoms with Crippen molar-refractivity contribution in [2.45, 2.75) is 44.2 Å². The molecule has 0 bridgehead atoms. The molecular formula is C27H30ClN7. The molecule has 4 aromatic rings. The fourth-order valence-electron chi connectivity index (χ4n) is 5.66. The van der Waals surface area contributed by atoms with Crippen molar-refractivity contribution in [3.05, 3.63) is 77.2 Å². The summed E-state index contributed by atoms with van der Waals surface area (Å²) in [5.74, 6) is 0.955. The Morgan fingerprint density at radius 1 is 0.886 bits per heavy atom. The zero-order valence-electron chi connectivity index (χ0n) is 19.8. The maximum atomic E-state index is 6.26. The normalized spacial score (nSPS) is 18.7. The number of anilines is 1. The van der Waals surface area contributed by atoms with E-state index in [2.05, 4.69) is 71.4 Å². The van der Waals surface area contributed by atoms with E-state index in [4.69, 9.17) is 11.6 Å². The Balaban J connectivity index is 1.34. The van der Waals surface area contributed by atoms with E-state index >= 15 is 0 Å². The molecule has 1 saturated carbocycles. The second kappa shape index (κ2) is 9.91. The molecular weight excluding hydrogens is 458 g/mol. The number of aromatic nitrogens is 5. The first-order valence-corrected chi connectivity index (χ1v) is 13.0. The molecule has 180 valence electrons. The van der Waals surface area contributed by atoms with Crippen LogP contribution in [0.1, 0.15) is 55.6 Å². The number of fused-ring (bicyclic) bond motifs is 1. The molecule has 2 aliphatic rings. The third-order valence-electron chi connectivity index (χ3n) is 7.48. The van der Waals surface area contributed by atoms with Gasteiger partial charge in [0.05, 0.1) is 17.6 Å². The number of halogens is 1. The van der Waals surface area contributed by atoms with Gasteiger partial charge in [0.25, 0.3) is 0 Å². The Bertz CT molecular complexity index is 1290. The van der Waals surface area contributed by atoms with E-state index < -0.39 is 0 Å². The van der Waals surface area contributed by atoms with Crippen LogP contribution < -0.4 is 4.90 Å². The van der Waals surface area contributed by atoms with Gasteiger partial charge in [0.2, 0.25) is 0 Å². The molecule has 0 amide bonds. The van der Waals surface area contributed by atoms with E-state index in [0.29, 0.717) is 6.04 Å². The van der Waals surface area contributed by atoms with Gasteiger partial charge in [0, 0.05) is 48.5 Å². The number of piperazine rings is 1. The van der Waals surface area contributed by atoms with Crippen molar-refractivity contribution in [3.8, 4) is 0 Å². The van der Waals surface area contributed by atoms with Gasteiger partial charge in [0.1, 0.15) is 0 Å². The molecule has 0 unspecified atom stereocenters. The van der Waals surface area contributed by atoms with Gasteiger partial charge < -0.3 is 4.90 Å². The van der Waals surface area contributed by atoms with Crippen molar-refractivity contribution in [1.82, 2.24) is 30.1 Å². The van der Waals surface area contributed by atoms with Crippen LogP contribution in [0.5, 0.6) is 0 Å². The second-order valence-corrected chi connectivity index (χ2v) is 10.1. The van der Waals surface area contributed by atoms with Gasteiger partial charge in [-0.2, -0.15) is 0 Å². The first kappa shape index (κ1) is 22.4. The molecule has 1 aliphatic carbocycles. The minimum Gasteiger partial charge on any atom is -0.369 e. The molecule has 0 spiro atoms. The van der Waals surface area contributed by atoms with Gasteiger partial charge in [-0.3, -0.25) is 9.88 Å². The third kappa shape index (κ3) is 4.62. The number of nitrogens with zero attached hydrogens (tertiary/aromatic N) is 7. The summed E-state index contributed by atoms with van der Waals surface area (Å²) in [6, 6.07) is 19.2. The van der Waals surface area contributed by atoms with Crippen molar-refractivity contribution < 1.29 is 0 Å². The number of tetrazole rings is 1. The van der Waals surface area contributed by atoms with Crippen molar-refractivity contribution >= 4 is 28.2 Å². The van der Waals surface area contributed by atoms with E-state index in [1.54, 1.807) is 0 Å². The fourth-order valence-corrected chi connectivity index (χ4v) is 5.85. The van der Waals surface area contributed by atoms with Crippen LogP contribution in [-0.4, -0.2) is 56.3 Å². The molecule has 1 aliphatic heterocycles. The van der Waals surface area contributed by atoms with E-state index in [-0.39, 0.29) is 6.04 Å². The summed E-state index contributed by atoms with van der Waals surface area (Å²) >= 11 is 6.26. The van der Waals surface area contributed by atoms with Gasteiger partial charge in [-0.15, -0.1) is 5.10 Å². The monoisotopic (exact) mass is 487 g/mol. The lowest BCUT2D eigenvalue weighted by Crippen LogP contribution is -2.48. The van der Waals surface area contributed by atoms with Crippen LogP contribution in [-0.2, 0) is 0 Å². The van der Waals surface area contributed by atoms with Crippen molar-refractivity contribution in [1.29, 1.82) is 0 Å². The summed E-state index contributed by atoms with van der Waals surface area (Å²) in [4.78, 5) is 9.46. The summed E-state index contributed by atoms with van der Waals surface area (Å²) in [6.45, 7) is 3.69. The maximum Gasteiger partial charge on any atom is 0.173 e. The quantitative estimate of drug-likeness (QED) is 0.381. The molecule has 0 N–H and O–H groups in total. The minimum absolute atomic E-state index is 0.00181. The van der Waals surface area contributed by atoms with Gasteiger partial charge in [-0.1, -0.05) is 49.1 Å². The van der Waals surface area contributed by atoms with Crippen LogP contribution in [0.3, 0.4) is 0 Å². The van der Waals surface area contributed by atoms with Crippen LogP contribution >= 0.6 is 11.6 Å². The molecule has 3 heterocycles. The van der Waals surface area contributed by atoms with Crippen molar-refractivity contribution in [3.63, 3.8) is 0 Å². The van der Waals surface area contributed by atoms with E-state index in [0.717, 1.165) is 60.8 Å². The highest BCUT2D eigenvalue weighted by Crippen LogP contribution is 2.35. The van der Waals surface area contributed by atoms with Crippen molar-refractivity contribution in [2.24, 2.45) is 0 Å². The molecule has 2 aromatic heterocycles. The number of rotatable bonds is 5. The zero-order chi connectivity index (χ0) is 23.6. The van der Waals surface area contributed by atoms with E-state index in [9.17, 15) is 0 Å². The average molecular weight is 488 g/mol. The molecule has 2 aromatic carbocycles. The predicted octanol–water partition coefficient (Wildman–Crippen LogP) is 5.29. The fraction of sp³-hybridized carbons (Fsp3) is 0.407. The smallest absolute Gasteiger partial charge is 0.173 e. The maximum absolute atomic E-state index is 6.26. The standard InChI is InChI=1S/C27H30ClN7/c28-22-7-4-10-24(19-22)33-14-16-34(17-15-33)26(21-11-12-25-20(18-21)6-5-13-29-25)27-30-31-32-35(27)23-8-2-1-3-9-23/h4-7,10-13,18-19,23,26H,1-3,8-9,14-17H2/t26-/m0/s1. The van der Waals surface area contributed by atoms with Crippen molar-refractivity contribution in [2.75, 3.05) is 31.1 Å². The molecule has 1 atom stereocenters. The number of hydrogen-bond acceptors (Lipinski definition) is 6. The van der Waals surface area contributed by atoms with Crippen LogP contribution in [0, 0.1) is 0 Å². The number of pyridine rings is 1. The van der Waals surface area contributed by atoms with Crippen LogP contribution in [0.25, 0.3) is 10.9 Å². The Morgan fingerprint density at radius 2 is 1.74 bits per heavy atom. The van der Waals surface area contributed by atoms with E-state index in [1.165, 1.54) is 30.5 Å². The highest BCUT2D eigenvalue weighted by Gasteiger charge is 2.33. The summed E-state index contributed by atoms with van der Waals surface area (Å²) < 4.78 is 2.13. The lowest BCUT2D eigenvalue weighted by Gasteiger charge is -2.40. The topological polar surface area (TPSA) is 63.0 Å². The average Bonchev–Trinajstić information content (AvgIpc) is 3.39. The molecule has 2 fully saturated rings. The Morgan fingerprint density at radius 3 is 2.57 bits per heavy atom. The third-order valence-corrected chi connectivity index (χ3v) is 7.71. The Kier molecular flexibility index (Phi) is 6.35. The van der Waals surface area contributed by atoms with Crippen LogP contribution in [0.4, 0.5) is 5.69 Å². The highest BCUT2D eigenvalue weighted by atomic mass is 35.5. The summed E-state index contributed by atoms with van der Waals surface area (Å²) in [7, 11) is 0. The van der Waals surface area contributed by atoms with Gasteiger partial charge in [-0.25, -0.2) is 4.68 Å². The summed E-state index contributed by atoms with van der Waals surface area (Å²) in [6.07, 6.45) is 7.94. The SMILES string of the molecule is Clc1cccc(N2CCN([C@@H](c3ccc4ncccc4c3)c3nnnn3C3CCCCC3)CC2)c1. The largest absolute Gasteiger partial charge is 0.369 e. The second-order valence-electron chi connectivity index (χ2n) is 9.63. The Hall–Kier alpha value is -3.03. The lowest BCUT2D eigenvalue weighted by atomic mass is 9.94. The number of hydrogen-bond donors (Lipinski definition) is 0. The predicted molar refractivity (Wildman–Crippen MR) is 139 cm³/mol.